The Hall–Kier alpha value is -2.33. The molecule has 0 aliphatic carbocycles. The van der Waals surface area contributed by atoms with E-state index in [1.807, 2.05) is 89.5 Å². The van der Waals surface area contributed by atoms with Crippen LogP contribution in [-0.4, -0.2) is 45.4 Å². The quantitative estimate of drug-likeness (QED) is 0.460. The summed E-state index contributed by atoms with van der Waals surface area (Å²) in [7, 11) is -0.0831. The molecule has 9 heteroatoms. The second-order valence-corrected chi connectivity index (χ2v) is 14.3. The third kappa shape index (κ3) is 4.74. The number of rotatable bonds is 5. The van der Waals surface area contributed by atoms with Crippen molar-refractivity contribution in [3.8, 4) is 11.1 Å². The van der Waals surface area contributed by atoms with E-state index in [9.17, 15) is 13.0 Å². The molecule has 4 rings (SSSR count). The van der Waals surface area contributed by atoms with Crippen LogP contribution in [0.4, 0.5) is 5.69 Å². The zero-order valence-electron chi connectivity index (χ0n) is 21.4. The molecule has 7 nitrogen and oxygen atoms in total. The molecule has 0 saturated carbocycles. The maximum absolute atomic E-state index is 14.0. The largest absolute Gasteiger partial charge is 0.597 e. The number of hydrogen-bond donors (Lipinski definition) is 0. The van der Waals surface area contributed by atoms with E-state index in [1.54, 1.807) is 16.9 Å². The highest BCUT2D eigenvalue weighted by Gasteiger charge is 2.41. The van der Waals surface area contributed by atoms with Crippen molar-refractivity contribution in [1.29, 1.82) is 0 Å². The van der Waals surface area contributed by atoms with Gasteiger partial charge in [0.1, 0.15) is 4.75 Å². The van der Waals surface area contributed by atoms with Crippen LogP contribution in [0.5, 0.6) is 0 Å². The van der Waals surface area contributed by atoms with Gasteiger partial charge < -0.3 is 4.55 Å². The predicted octanol–water partition coefficient (Wildman–Crippen LogP) is 4.74. The number of hydrogen-bond acceptors (Lipinski definition) is 5. The van der Waals surface area contributed by atoms with Gasteiger partial charge in [0.15, 0.2) is 0 Å². The van der Waals surface area contributed by atoms with Crippen LogP contribution >= 0.6 is 0 Å². The minimum atomic E-state index is -3.80. The molecule has 2 aromatic carbocycles. The van der Waals surface area contributed by atoms with Crippen LogP contribution in [0.3, 0.4) is 0 Å². The molecule has 1 aliphatic rings. The Morgan fingerprint density at radius 3 is 2.43 bits per heavy atom. The number of para-hydroxylation sites is 1. The van der Waals surface area contributed by atoms with Gasteiger partial charge in [-0.3, -0.25) is 8.99 Å². The van der Waals surface area contributed by atoms with Gasteiger partial charge in [-0.15, -0.1) is 4.31 Å². The second-order valence-electron chi connectivity index (χ2n) is 10.2. The fraction of sp³-hybridized carbons (Fsp3) is 0.423. The Balaban J connectivity index is 1.74. The Bertz CT molecular complexity index is 1340. The Morgan fingerprint density at radius 2 is 1.83 bits per heavy atom. The SMILES string of the molecule is Cc1cc(-c2cnn(C)c2)ccc1S(=O)(=O)N1CC[C@H](N(C)[S+]([O-])C(C)(C)C)c2cccc(C)c21. The molecular formula is C26H34N4O3S2. The molecule has 0 radical (unpaired) electrons. The van der Waals surface area contributed by atoms with E-state index < -0.39 is 26.1 Å². The molecule has 0 bridgehead atoms. The number of benzene rings is 2. The monoisotopic (exact) mass is 514 g/mol. The molecule has 2 heterocycles. The average molecular weight is 515 g/mol. The lowest BCUT2D eigenvalue weighted by atomic mass is 9.95. The van der Waals surface area contributed by atoms with Crippen molar-refractivity contribution >= 4 is 27.1 Å². The molecule has 1 aliphatic heterocycles. The summed E-state index contributed by atoms with van der Waals surface area (Å²) in [6.45, 7) is 9.94. The highest BCUT2D eigenvalue weighted by molar-refractivity contribution is 7.93. The first-order valence-electron chi connectivity index (χ1n) is 11.7. The lowest BCUT2D eigenvalue weighted by Gasteiger charge is -2.41. The number of aromatic nitrogens is 2. The molecule has 0 spiro atoms. The van der Waals surface area contributed by atoms with Gasteiger partial charge >= 0.3 is 0 Å². The summed E-state index contributed by atoms with van der Waals surface area (Å²) in [6.07, 6.45) is 4.23. The topological polar surface area (TPSA) is 81.5 Å². The molecule has 0 fully saturated rings. The highest BCUT2D eigenvalue weighted by atomic mass is 32.2. The van der Waals surface area contributed by atoms with Crippen molar-refractivity contribution < 1.29 is 13.0 Å². The molecule has 35 heavy (non-hydrogen) atoms. The van der Waals surface area contributed by atoms with Gasteiger partial charge in [0.2, 0.25) is 0 Å². The van der Waals surface area contributed by atoms with Crippen LogP contribution < -0.4 is 4.31 Å². The minimum Gasteiger partial charge on any atom is -0.597 e. The van der Waals surface area contributed by atoms with Gasteiger partial charge in [-0.05, 0) is 75.4 Å². The second kappa shape index (κ2) is 9.28. The third-order valence-corrected chi connectivity index (χ3v) is 10.3. The lowest BCUT2D eigenvalue weighted by Crippen LogP contribution is -2.46. The molecular weight excluding hydrogens is 480 g/mol. The van der Waals surface area contributed by atoms with E-state index in [1.165, 1.54) is 4.31 Å². The zero-order valence-corrected chi connectivity index (χ0v) is 23.1. The molecule has 0 saturated heterocycles. The smallest absolute Gasteiger partial charge is 0.264 e. The molecule has 2 atom stereocenters. The van der Waals surface area contributed by atoms with Crippen LogP contribution in [0.25, 0.3) is 11.1 Å². The van der Waals surface area contributed by atoms with Gasteiger partial charge in [-0.2, -0.15) is 5.10 Å². The summed E-state index contributed by atoms with van der Waals surface area (Å²) in [5.74, 6) is 0. The standard InChI is InChI=1S/C26H34N4O3S2/c1-18-9-8-10-22-23(29(7)34(31)26(3,4)5)13-14-30(25(18)22)35(32,33)24-12-11-20(15-19(24)2)21-16-27-28(6)17-21/h8-12,15-17,23H,13-14H2,1-7H3/t23-,34?/m0/s1. The highest BCUT2D eigenvalue weighted by Crippen LogP contribution is 2.43. The third-order valence-electron chi connectivity index (χ3n) is 6.49. The van der Waals surface area contributed by atoms with Crippen molar-refractivity contribution in [2.24, 2.45) is 7.05 Å². The first-order chi connectivity index (χ1) is 16.3. The summed E-state index contributed by atoms with van der Waals surface area (Å²) >= 11 is -1.23. The van der Waals surface area contributed by atoms with E-state index in [0.29, 0.717) is 29.1 Å². The van der Waals surface area contributed by atoms with Gasteiger partial charge in [0.05, 0.1) is 22.8 Å². The fourth-order valence-electron chi connectivity index (χ4n) is 4.77. The molecule has 0 N–H and O–H groups in total. The van der Waals surface area contributed by atoms with Gasteiger partial charge in [0.25, 0.3) is 10.0 Å². The average Bonchev–Trinajstić information content (AvgIpc) is 3.23. The van der Waals surface area contributed by atoms with E-state index in [4.69, 9.17) is 0 Å². The molecule has 1 aromatic heterocycles. The van der Waals surface area contributed by atoms with Crippen molar-refractivity contribution in [3.63, 3.8) is 0 Å². The van der Waals surface area contributed by atoms with Crippen molar-refractivity contribution in [2.45, 2.75) is 56.7 Å². The van der Waals surface area contributed by atoms with E-state index >= 15 is 0 Å². The summed E-state index contributed by atoms with van der Waals surface area (Å²) < 4.78 is 45.9. The van der Waals surface area contributed by atoms with Gasteiger partial charge in [-0.25, -0.2) is 8.42 Å². The normalized spacial score (nSPS) is 17.5. The fourth-order valence-corrected chi connectivity index (χ4v) is 7.86. The summed E-state index contributed by atoms with van der Waals surface area (Å²) in [4.78, 5) is 0.296. The van der Waals surface area contributed by atoms with Crippen molar-refractivity contribution in [3.05, 3.63) is 65.5 Å². The maximum atomic E-state index is 14.0. The molecule has 1 unspecified atom stereocenters. The van der Waals surface area contributed by atoms with Gasteiger partial charge in [-0.1, -0.05) is 24.3 Å². The first-order valence-corrected chi connectivity index (χ1v) is 14.2. The molecule has 0 amide bonds. The summed E-state index contributed by atoms with van der Waals surface area (Å²) in [5, 5.41) is 4.22. The van der Waals surface area contributed by atoms with Crippen LogP contribution in [-0.2, 0) is 28.4 Å². The number of anilines is 1. The van der Waals surface area contributed by atoms with Gasteiger partial charge in [0, 0.05) is 43.8 Å². The Labute approximate surface area is 212 Å². The predicted molar refractivity (Wildman–Crippen MR) is 142 cm³/mol. The van der Waals surface area contributed by atoms with Crippen LogP contribution in [0.15, 0.2) is 53.7 Å². The van der Waals surface area contributed by atoms with Crippen LogP contribution in [0.1, 0.15) is 49.9 Å². The zero-order chi connectivity index (χ0) is 25.7. The number of fused-ring (bicyclic) bond motifs is 1. The lowest BCUT2D eigenvalue weighted by molar-refractivity contribution is 0.343. The summed E-state index contributed by atoms with van der Waals surface area (Å²) in [6, 6.07) is 11.1. The maximum Gasteiger partial charge on any atom is 0.264 e. The molecule has 188 valence electrons. The van der Waals surface area contributed by atoms with Crippen molar-refractivity contribution in [2.75, 3.05) is 17.9 Å². The van der Waals surface area contributed by atoms with Crippen LogP contribution in [0.2, 0.25) is 0 Å². The van der Waals surface area contributed by atoms with E-state index in [-0.39, 0.29) is 6.04 Å². The van der Waals surface area contributed by atoms with E-state index in [2.05, 4.69) is 5.10 Å². The van der Waals surface area contributed by atoms with Crippen LogP contribution in [0, 0.1) is 13.8 Å². The number of aryl methyl sites for hydroxylation is 3. The molecule has 3 aromatic rings. The Morgan fingerprint density at radius 1 is 1.11 bits per heavy atom. The van der Waals surface area contributed by atoms with Crippen molar-refractivity contribution in [1.82, 2.24) is 14.1 Å². The Kier molecular flexibility index (Phi) is 6.83. The number of nitrogens with zero attached hydrogens (tertiary/aromatic N) is 4. The van der Waals surface area contributed by atoms with E-state index in [0.717, 1.165) is 22.3 Å². The number of sulfonamides is 1. The minimum absolute atomic E-state index is 0.134. The first kappa shape index (κ1) is 25.8. The summed E-state index contributed by atoms with van der Waals surface area (Å²) in [5.41, 5.74) is 5.03.